The van der Waals surface area contributed by atoms with E-state index in [1.807, 2.05) is 30.3 Å². The summed E-state index contributed by atoms with van der Waals surface area (Å²) >= 11 is 1.54. The minimum absolute atomic E-state index is 0.0851. The van der Waals surface area contributed by atoms with Crippen molar-refractivity contribution in [3.05, 3.63) is 35.9 Å². The van der Waals surface area contributed by atoms with E-state index in [-0.39, 0.29) is 5.91 Å². The molecule has 0 aliphatic carbocycles. The van der Waals surface area contributed by atoms with Crippen molar-refractivity contribution >= 4 is 23.6 Å². The molecule has 2 aliphatic heterocycles. The highest BCUT2D eigenvalue weighted by atomic mass is 32.2. The highest BCUT2D eigenvalue weighted by Crippen LogP contribution is 2.54. The molecule has 2 aliphatic rings. The number of carboxylic acids is 1. The van der Waals surface area contributed by atoms with E-state index in [9.17, 15) is 14.7 Å². The smallest absolute Gasteiger partial charge is 0.224 e. The van der Waals surface area contributed by atoms with Gasteiger partial charge in [0.05, 0.1) is 12.0 Å². The minimum Gasteiger partial charge on any atom is -0.548 e. The molecule has 4 nitrogen and oxygen atoms in total. The molecular formula is C13H12NO3S-. The van der Waals surface area contributed by atoms with Gasteiger partial charge in [0.1, 0.15) is 4.87 Å². The van der Waals surface area contributed by atoms with Crippen molar-refractivity contribution in [1.29, 1.82) is 0 Å². The second-order valence-corrected chi connectivity index (χ2v) is 5.86. The van der Waals surface area contributed by atoms with Gasteiger partial charge in [-0.15, -0.1) is 11.8 Å². The Morgan fingerprint density at radius 3 is 2.78 bits per heavy atom. The fourth-order valence-electron chi connectivity index (χ4n) is 2.82. The maximum absolute atomic E-state index is 12.0. The Balaban J connectivity index is 2.06. The number of benzene rings is 1. The third-order valence-electron chi connectivity index (χ3n) is 3.62. The molecule has 1 amide bonds. The maximum atomic E-state index is 12.0. The summed E-state index contributed by atoms with van der Waals surface area (Å²) in [6.45, 7) is 0. The van der Waals surface area contributed by atoms with Gasteiger partial charge in [0.2, 0.25) is 5.91 Å². The van der Waals surface area contributed by atoms with Crippen LogP contribution in [0.3, 0.4) is 0 Å². The first kappa shape index (κ1) is 11.6. The van der Waals surface area contributed by atoms with E-state index in [0.29, 0.717) is 18.6 Å². The number of aliphatic carboxylic acids is 1. The predicted octanol–water partition coefficient (Wildman–Crippen LogP) is 0.327. The Bertz CT molecular complexity index is 504. The second kappa shape index (κ2) is 4.02. The molecule has 0 aromatic heterocycles. The van der Waals surface area contributed by atoms with Gasteiger partial charge in [-0.1, -0.05) is 30.3 Å². The van der Waals surface area contributed by atoms with Crippen molar-refractivity contribution < 1.29 is 14.7 Å². The lowest BCUT2D eigenvalue weighted by molar-refractivity contribution is -0.310. The zero-order valence-corrected chi connectivity index (χ0v) is 10.5. The first-order chi connectivity index (χ1) is 8.65. The SMILES string of the molecule is O=C([O-])[C@H]1CS[C@]2(c3ccccc3)CCC(=O)N12. The number of carboxylic acid groups (broad SMARTS) is 1. The van der Waals surface area contributed by atoms with Crippen molar-refractivity contribution in [2.45, 2.75) is 23.8 Å². The predicted molar refractivity (Wildman–Crippen MR) is 65.5 cm³/mol. The van der Waals surface area contributed by atoms with Crippen LogP contribution in [0.1, 0.15) is 18.4 Å². The highest BCUT2D eigenvalue weighted by molar-refractivity contribution is 8.00. The van der Waals surface area contributed by atoms with E-state index in [1.165, 1.54) is 16.7 Å². The number of fused-ring (bicyclic) bond motifs is 1. The zero-order valence-electron chi connectivity index (χ0n) is 9.67. The molecule has 3 rings (SSSR count). The molecule has 0 spiro atoms. The molecule has 1 aromatic carbocycles. The van der Waals surface area contributed by atoms with Crippen molar-refractivity contribution in [2.75, 3.05) is 5.75 Å². The molecule has 0 saturated carbocycles. The van der Waals surface area contributed by atoms with Crippen molar-refractivity contribution in [1.82, 2.24) is 4.90 Å². The Kier molecular flexibility index (Phi) is 2.59. The van der Waals surface area contributed by atoms with Crippen LogP contribution in [0.4, 0.5) is 0 Å². The number of hydrogen-bond donors (Lipinski definition) is 0. The average Bonchev–Trinajstić information content (AvgIpc) is 2.91. The lowest BCUT2D eigenvalue weighted by Gasteiger charge is -2.34. The van der Waals surface area contributed by atoms with Crippen LogP contribution in [-0.4, -0.2) is 28.6 Å². The van der Waals surface area contributed by atoms with Crippen LogP contribution in [-0.2, 0) is 14.5 Å². The van der Waals surface area contributed by atoms with Crippen LogP contribution < -0.4 is 5.11 Å². The number of hydrogen-bond acceptors (Lipinski definition) is 4. The Morgan fingerprint density at radius 2 is 2.11 bits per heavy atom. The maximum Gasteiger partial charge on any atom is 0.224 e. The summed E-state index contributed by atoms with van der Waals surface area (Å²) in [6.07, 6.45) is 1.08. The fraction of sp³-hybridized carbons (Fsp3) is 0.385. The molecule has 1 aromatic rings. The molecular weight excluding hydrogens is 250 g/mol. The number of nitrogens with zero attached hydrogens (tertiary/aromatic N) is 1. The third-order valence-corrected chi connectivity index (χ3v) is 5.22. The normalized spacial score (nSPS) is 30.6. The Morgan fingerprint density at radius 1 is 1.39 bits per heavy atom. The summed E-state index contributed by atoms with van der Waals surface area (Å²) < 4.78 is 0. The van der Waals surface area contributed by atoms with Gasteiger partial charge in [-0.05, 0) is 12.0 Å². The summed E-state index contributed by atoms with van der Waals surface area (Å²) in [4.78, 5) is 24.1. The molecule has 5 heteroatoms. The molecule has 0 bridgehead atoms. The molecule has 94 valence electrons. The number of thioether (sulfide) groups is 1. The number of amides is 1. The van der Waals surface area contributed by atoms with Crippen LogP contribution in [0.2, 0.25) is 0 Å². The minimum atomic E-state index is -1.16. The van der Waals surface area contributed by atoms with Gasteiger partial charge in [0, 0.05) is 12.2 Å². The first-order valence-corrected chi connectivity index (χ1v) is 6.86. The number of carbonyl (C=O) groups excluding carboxylic acids is 2. The van der Waals surface area contributed by atoms with E-state index in [0.717, 1.165) is 5.56 Å². The van der Waals surface area contributed by atoms with E-state index < -0.39 is 16.9 Å². The van der Waals surface area contributed by atoms with E-state index in [1.54, 1.807) is 0 Å². The fourth-order valence-corrected chi connectivity index (χ4v) is 4.45. The summed E-state index contributed by atoms with van der Waals surface area (Å²) in [5, 5.41) is 11.1. The summed E-state index contributed by atoms with van der Waals surface area (Å²) in [5.41, 5.74) is 1.00. The van der Waals surface area contributed by atoms with Gasteiger partial charge in [0.25, 0.3) is 0 Å². The van der Waals surface area contributed by atoms with Crippen molar-refractivity contribution in [2.24, 2.45) is 0 Å². The zero-order chi connectivity index (χ0) is 12.8. The third kappa shape index (κ3) is 1.47. The summed E-state index contributed by atoms with van der Waals surface area (Å²) in [5.74, 6) is -0.836. The van der Waals surface area contributed by atoms with Crippen LogP contribution >= 0.6 is 11.8 Å². The van der Waals surface area contributed by atoms with E-state index >= 15 is 0 Å². The van der Waals surface area contributed by atoms with Crippen LogP contribution in [0.25, 0.3) is 0 Å². The van der Waals surface area contributed by atoms with Gasteiger partial charge < -0.3 is 14.8 Å². The molecule has 0 N–H and O–H groups in total. The van der Waals surface area contributed by atoms with Gasteiger partial charge >= 0.3 is 0 Å². The average molecular weight is 262 g/mol. The molecule has 0 unspecified atom stereocenters. The van der Waals surface area contributed by atoms with Crippen molar-refractivity contribution in [3.8, 4) is 0 Å². The number of carbonyl (C=O) groups is 2. The van der Waals surface area contributed by atoms with Gasteiger partial charge in [-0.3, -0.25) is 4.79 Å². The van der Waals surface area contributed by atoms with Gasteiger partial charge in [-0.2, -0.15) is 0 Å². The molecule has 2 heterocycles. The second-order valence-electron chi connectivity index (χ2n) is 4.56. The van der Waals surface area contributed by atoms with Gasteiger partial charge in [0.15, 0.2) is 0 Å². The quantitative estimate of drug-likeness (QED) is 0.770. The molecule has 0 radical (unpaired) electrons. The standard InChI is InChI=1S/C13H13NO3S/c15-11-6-7-13(9-4-2-1-3-5-9)14(11)10(8-18-13)12(16)17/h1-5,10H,6-8H2,(H,16,17)/p-1/t10-,13+/m1/s1. The van der Waals surface area contributed by atoms with Crippen LogP contribution in [0.15, 0.2) is 30.3 Å². The van der Waals surface area contributed by atoms with E-state index in [4.69, 9.17) is 0 Å². The van der Waals surface area contributed by atoms with Gasteiger partial charge in [-0.25, -0.2) is 0 Å². The molecule has 2 atom stereocenters. The van der Waals surface area contributed by atoms with E-state index in [2.05, 4.69) is 0 Å². The van der Waals surface area contributed by atoms with Crippen LogP contribution in [0, 0.1) is 0 Å². The monoisotopic (exact) mass is 262 g/mol. The topological polar surface area (TPSA) is 60.4 Å². The highest BCUT2D eigenvalue weighted by Gasteiger charge is 2.54. The Labute approximate surface area is 109 Å². The number of rotatable bonds is 2. The molecule has 2 fully saturated rings. The largest absolute Gasteiger partial charge is 0.548 e. The summed E-state index contributed by atoms with van der Waals surface area (Å²) in [7, 11) is 0. The summed E-state index contributed by atoms with van der Waals surface area (Å²) in [6, 6.07) is 8.85. The molecule has 2 saturated heterocycles. The lowest BCUT2D eigenvalue weighted by atomic mass is 10.0. The molecule has 18 heavy (non-hydrogen) atoms. The Hall–Kier alpha value is -1.49. The first-order valence-electron chi connectivity index (χ1n) is 5.88. The lowest BCUT2D eigenvalue weighted by Crippen LogP contribution is -2.50. The van der Waals surface area contributed by atoms with Crippen molar-refractivity contribution in [3.63, 3.8) is 0 Å². The van der Waals surface area contributed by atoms with Crippen LogP contribution in [0.5, 0.6) is 0 Å².